The van der Waals surface area contributed by atoms with E-state index < -0.39 is 126 Å². The number of Topliss-reactive ketones (excluding diaryl/α,β-unsaturated/α-hetero) is 1. The van der Waals surface area contributed by atoms with E-state index in [0.717, 1.165) is 4.57 Å². The van der Waals surface area contributed by atoms with E-state index in [-0.39, 0.29) is 65.8 Å². The van der Waals surface area contributed by atoms with Gasteiger partial charge >= 0.3 is 5.69 Å². The minimum absolute atomic E-state index is 0. The average molecular weight is 908 g/mol. The van der Waals surface area contributed by atoms with Crippen LogP contribution in [0.25, 0.3) is 0 Å². The van der Waals surface area contributed by atoms with E-state index in [9.17, 15) is 49.8 Å². The van der Waals surface area contributed by atoms with Gasteiger partial charge in [-0.15, -0.1) is 12.4 Å². The monoisotopic (exact) mass is 907 g/mol. The topological polar surface area (TPSA) is 325 Å². The first kappa shape index (κ1) is 47.8. The second-order valence-electron chi connectivity index (χ2n) is 15.6. The molecular formula is C40H50ClN5O17. The van der Waals surface area contributed by atoms with Crippen LogP contribution in [0.5, 0.6) is 17.2 Å². The maximum Gasteiger partial charge on any atom is 0.354 e. The summed E-state index contributed by atoms with van der Waals surface area (Å²) in [7, 11) is 2.85. The van der Waals surface area contributed by atoms with Crippen LogP contribution in [-0.4, -0.2) is 168 Å². The average Bonchev–Trinajstić information content (AvgIpc) is 3.64. The van der Waals surface area contributed by atoms with Gasteiger partial charge in [0.25, 0.3) is 0 Å². The van der Waals surface area contributed by atoms with Crippen molar-refractivity contribution >= 4 is 35.7 Å². The van der Waals surface area contributed by atoms with Crippen molar-refractivity contribution in [2.45, 2.75) is 93.6 Å². The summed E-state index contributed by atoms with van der Waals surface area (Å²) in [5.74, 6) is -3.86. The highest BCUT2D eigenvalue weighted by molar-refractivity contribution is 6.31. The number of benzene rings is 2. The molecule has 344 valence electrons. The highest BCUT2D eigenvalue weighted by Gasteiger charge is 2.51. The maximum atomic E-state index is 13.9. The number of fused-ring (bicyclic) bond motifs is 3. The Labute approximate surface area is 365 Å². The molecule has 0 bridgehead atoms. The van der Waals surface area contributed by atoms with Gasteiger partial charge in [-0.2, -0.15) is 4.98 Å². The summed E-state index contributed by atoms with van der Waals surface area (Å²) in [5.41, 5.74) is 1.03. The van der Waals surface area contributed by atoms with Gasteiger partial charge in [0.2, 0.25) is 11.7 Å². The number of nitrogens with zero attached hydrogens (tertiary/aromatic N) is 4. The minimum atomic E-state index is -2.26. The zero-order valence-corrected chi connectivity index (χ0v) is 35.2. The van der Waals surface area contributed by atoms with Crippen LogP contribution in [-0.2, 0) is 34.9 Å². The number of hydrogen-bond donors (Lipinski definition) is 8. The molecule has 63 heavy (non-hydrogen) atoms. The van der Waals surface area contributed by atoms with Crippen LogP contribution >= 0.6 is 12.4 Å². The second kappa shape index (κ2) is 19.2. The van der Waals surface area contributed by atoms with E-state index in [2.05, 4.69) is 9.97 Å². The van der Waals surface area contributed by atoms with Crippen molar-refractivity contribution in [2.75, 3.05) is 52.9 Å². The van der Waals surface area contributed by atoms with Gasteiger partial charge in [0, 0.05) is 68.6 Å². The van der Waals surface area contributed by atoms with E-state index in [1.54, 1.807) is 6.92 Å². The molecule has 3 aromatic rings. The summed E-state index contributed by atoms with van der Waals surface area (Å²) >= 11 is 0. The molecule has 0 unspecified atom stereocenters. The molecule has 1 aromatic heterocycles. The first-order valence-electron chi connectivity index (χ1n) is 19.8. The van der Waals surface area contributed by atoms with Gasteiger partial charge < -0.3 is 69.9 Å². The van der Waals surface area contributed by atoms with Crippen molar-refractivity contribution in [1.82, 2.24) is 19.4 Å². The highest BCUT2D eigenvalue weighted by atomic mass is 35.5. The number of morpholine rings is 1. The SMILES string of the molecule is COc1cccc2c1C(=O)c1c(O)c3c(c(O)c1C2=O)C[C@@](O)(C(=O)CO)C[C@@H]3O[C@H]1C[C@H](N2CCO[C@H](OC)C2)[C@H](O)[C@H](C)O1.Cl.Nc1ncn([C@H]2C[C@H](O)[C@@H](CO)O2)c(=O)n1. The lowest BCUT2D eigenvalue weighted by molar-refractivity contribution is -0.266. The number of aliphatic hydroxyl groups is 5. The zero-order valence-electron chi connectivity index (χ0n) is 34.4. The van der Waals surface area contributed by atoms with Gasteiger partial charge in [0.15, 0.2) is 24.1 Å². The molecule has 0 amide bonds. The molecule has 22 nitrogen and oxygen atoms in total. The molecule has 10 atom stereocenters. The van der Waals surface area contributed by atoms with Crippen molar-refractivity contribution < 1.29 is 78.6 Å². The van der Waals surface area contributed by atoms with Crippen LogP contribution in [0.4, 0.5) is 5.95 Å². The molecule has 9 N–H and O–H groups in total. The number of methoxy groups -OCH3 is 2. The molecule has 0 saturated carbocycles. The number of phenolic OH excluding ortho intramolecular Hbond substituents is 2. The number of aromatic nitrogens is 3. The molecule has 2 aliphatic carbocycles. The maximum absolute atomic E-state index is 13.9. The van der Waals surface area contributed by atoms with Crippen LogP contribution in [0.3, 0.4) is 0 Å². The Kier molecular flexibility index (Phi) is 14.6. The van der Waals surface area contributed by atoms with Crippen molar-refractivity contribution in [1.29, 1.82) is 0 Å². The summed E-state index contributed by atoms with van der Waals surface area (Å²) in [4.78, 5) is 60.9. The van der Waals surface area contributed by atoms with Crippen LogP contribution < -0.4 is 16.2 Å². The fraction of sp³-hybridized carbons (Fsp3) is 0.550. The number of halogens is 1. The van der Waals surface area contributed by atoms with Crippen molar-refractivity contribution in [3.05, 3.63) is 68.4 Å². The molecule has 5 aliphatic rings. The molecule has 8 rings (SSSR count). The standard InChI is InChI=1S/C32H37NO13.C8H12N4O4.ClH/c1-14-27(36)17(33-7-8-44-22(12-33)43-3)9-21(45-14)46-19-11-32(41,20(35)13-34)10-16-24(19)31(40)26-25(29(16)38)28(37)15-5-4-6-18(42-2)23(15)30(26)39;9-7-10-3-12(8(15)11-7)6-1-4(14)5(2-13)16-6;/h4-6,14,17,19,21-22,27,34,36,38,40-41H,7-13H2,1-3H3;3-6,13-14H,1-2H2,(H2,9,11,15);1H/t14-,17-,19-,21-,22-,27+,32-;4-,5+,6+;/m00./s1. The predicted molar refractivity (Wildman–Crippen MR) is 215 cm³/mol. The minimum Gasteiger partial charge on any atom is -0.507 e. The van der Waals surface area contributed by atoms with E-state index in [1.807, 2.05) is 4.90 Å². The van der Waals surface area contributed by atoms with E-state index >= 15 is 0 Å². The Morgan fingerprint density at radius 3 is 2.40 bits per heavy atom. The number of nitrogen functional groups attached to an aromatic ring is 1. The molecular weight excluding hydrogens is 858 g/mol. The summed E-state index contributed by atoms with van der Waals surface area (Å²) < 4.78 is 35.0. The van der Waals surface area contributed by atoms with Crippen LogP contribution in [0.2, 0.25) is 0 Å². The van der Waals surface area contributed by atoms with Crippen molar-refractivity contribution in [3.63, 3.8) is 0 Å². The van der Waals surface area contributed by atoms with Crippen molar-refractivity contribution in [3.8, 4) is 17.2 Å². The Hall–Kier alpha value is -4.69. The van der Waals surface area contributed by atoms with E-state index in [1.165, 1.54) is 38.7 Å². The number of aliphatic hydroxyl groups excluding tert-OH is 4. The van der Waals surface area contributed by atoms with Crippen LogP contribution in [0, 0.1) is 0 Å². The molecule has 23 heteroatoms. The predicted octanol–water partition coefficient (Wildman–Crippen LogP) is -1.37. The van der Waals surface area contributed by atoms with E-state index in [4.69, 9.17) is 39.3 Å². The Balaban J connectivity index is 0.000000327. The summed E-state index contributed by atoms with van der Waals surface area (Å²) in [6, 6.07) is 3.93. The van der Waals surface area contributed by atoms with Gasteiger partial charge in [-0.25, -0.2) is 9.78 Å². The van der Waals surface area contributed by atoms with Crippen molar-refractivity contribution in [2.24, 2.45) is 0 Å². The molecule has 3 aliphatic heterocycles. The number of nitrogens with two attached hydrogens (primary N) is 1. The Morgan fingerprint density at radius 2 is 1.75 bits per heavy atom. The number of carbonyl (C=O) groups excluding carboxylic acids is 3. The Morgan fingerprint density at radius 1 is 1.02 bits per heavy atom. The molecule has 2 aromatic carbocycles. The van der Waals surface area contributed by atoms with Crippen LogP contribution in [0.1, 0.15) is 81.5 Å². The molecule has 4 heterocycles. The third kappa shape index (κ3) is 8.91. The molecule has 3 fully saturated rings. The number of ketones is 3. The van der Waals surface area contributed by atoms with Gasteiger partial charge in [-0.3, -0.25) is 23.9 Å². The number of phenols is 2. The van der Waals surface area contributed by atoms with Gasteiger partial charge in [-0.1, -0.05) is 12.1 Å². The fourth-order valence-corrected chi connectivity index (χ4v) is 8.74. The number of ether oxygens (including phenoxy) is 6. The third-order valence-corrected chi connectivity index (χ3v) is 12.0. The lowest BCUT2D eigenvalue weighted by atomic mass is 9.72. The van der Waals surface area contributed by atoms with E-state index in [0.29, 0.717) is 19.7 Å². The quantitative estimate of drug-likeness (QED) is 0.0898. The normalized spacial score (nSPS) is 30.3. The first-order valence-corrected chi connectivity index (χ1v) is 19.8. The summed E-state index contributed by atoms with van der Waals surface area (Å²) in [6.45, 7) is 1.58. The van der Waals surface area contributed by atoms with Gasteiger partial charge in [0.05, 0.1) is 61.4 Å². The highest BCUT2D eigenvalue weighted by Crippen LogP contribution is 2.52. The molecule has 0 spiro atoms. The molecule has 0 radical (unpaired) electrons. The first-order chi connectivity index (χ1) is 29.5. The summed E-state index contributed by atoms with van der Waals surface area (Å²) in [5, 5.41) is 73.9. The number of rotatable bonds is 9. The van der Waals surface area contributed by atoms with Gasteiger partial charge in [-0.05, 0) is 13.0 Å². The number of hydrogen-bond acceptors (Lipinski definition) is 21. The lowest BCUT2D eigenvalue weighted by Gasteiger charge is -2.47. The van der Waals surface area contributed by atoms with Crippen LogP contribution in [0.15, 0.2) is 29.3 Å². The molecule has 3 saturated heterocycles. The summed E-state index contributed by atoms with van der Waals surface area (Å²) in [6.07, 6.45) is -6.20. The number of aromatic hydroxyl groups is 2. The fourth-order valence-electron chi connectivity index (χ4n) is 8.74. The third-order valence-electron chi connectivity index (χ3n) is 12.0. The smallest absolute Gasteiger partial charge is 0.354 e. The number of anilines is 1. The zero-order chi connectivity index (χ0) is 44.8. The lowest BCUT2D eigenvalue weighted by Crippen LogP contribution is -2.59. The Bertz CT molecular complexity index is 2280. The second-order valence-corrected chi connectivity index (χ2v) is 15.6. The largest absolute Gasteiger partial charge is 0.507 e. The number of carbonyl (C=O) groups is 3. The van der Waals surface area contributed by atoms with Gasteiger partial charge in [0.1, 0.15) is 48.1 Å².